The molecule has 0 aliphatic carbocycles. The fourth-order valence-electron chi connectivity index (χ4n) is 2.03. The predicted molar refractivity (Wildman–Crippen MR) is 89.3 cm³/mol. The third-order valence-corrected chi connectivity index (χ3v) is 5.65. The molecule has 0 aliphatic rings. The maximum Gasteiger partial charge on any atom is 0.417 e. The zero-order chi connectivity index (χ0) is 20.2. The second kappa shape index (κ2) is 8.71. The third kappa shape index (κ3) is 6.55. The summed E-state index contributed by atoms with van der Waals surface area (Å²) in [6.07, 6.45) is -3.65. The maximum atomic E-state index is 12.2. The smallest absolute Gasteiger partial charge is 0.417 e. The SMILES string of the molecule is CCC(C)(C)c1ccc([IH+])cc1.O=S(=O)([O-])c1ccccc1C(F)(F)F. The van der Waals surface area contributed by atoms with E-state index in [0.29, 0.717) is 17.5 Å². The molecule has 2 aromatic rings. The zero-order valence-electron chi connectivity index (χ0n) is 14.5. The van der Waals surface area contributed by atoms with Gasteiger partial charge in [0.25, 0.3) is 22.6 Å². The lowest BCUT2D eigenvalue weighted by Gasteiger charge is -2.22. The first-order valence-electron chi connectivity index (χ1n) is 7.68. The monoisotopic (exact) mass is 500 g/mol. The molecule has 0 aromatic heterocycles. The molecule has 144 valence electrons. The predicted octanol–water partition coefficient (Wildman–Crippen LogP) is 1.44. The first-order valence-corrected chi connectivity index (χ1v) is 10.3. The van der Waals surface area contributed by atoms with E-state index in [-0.39, 0.29) is 0 Å². The number of hydrogen-bond acceptors (Lipinski definition) is 3. The van der Waals surface area contributed by atoms with E-state index in [2.05, 4.69) is 67.6 Å². The molecule has 0 unspecified atom stereocenters. The minimum atomic E-state index is -5.09. The van der Waals surface area contributed by atoms with Crippen LogP contribution in [0.4, 0.5) is 13.2 Å². The molecule has 0 saturated carbocycles. The first-order chi connectivity index (χ1) is 11.8. The molecule has 0 bridgehead atoms. The lowest BCUT2D eigenvalue weighted by molar-refractivity contribution is -0.328. The Labute approximate surface area is 165 Å². The Kier molecular flexibility index (Phi) is 7.67. The molecule has 0 fully saturated rings. The van der Waals surface area contributed by atoms with Crippen LogP contribution in [0, 0.1) is 3.57 Å². The van der Waals surface area contributed by atoms with Crippen LogP contribution < -0.4 is 22.6 Å². The topological polar surface area (TPSA) is 57.2 Å². The van der Waals surface area contributed by atoms with Gasteiger partial charge in [0.2, 0.25) is 0 Å². The van der Waals surface area contributed by atoms with Gasteiger partial charge in [-0.1, -0.05) is 45.0 Å². The number of rotatable bonds is 3. The minimum Gasteiger partial charge on any atom is -0.744 e. The molecule has 2 aromatic carbocycles. The molecule has 26 heavy (non-hydrogen) atoms. The van der Waals surface area contributed by atoms with Crippen molar-refractivity contribution in [1.82, 2.24) is 0 Å². The number of hydrogen-bond donors (Lipinski definition) is 0. The normalized spacial score (nSPS) is 12.3. The lowest BCUT2D eigenvalue weighted by Crippen LogP contribution is -3.34. The van der Waals surface area contributed by atoms with Crippen LogP contribution in [0.15, 0.2) is 53.4 Å². The molecule has 0 aliphatic heterocycles. The van der Waals surface area contributed by atoms with Crippen molar-refractivity contribution in [1.29, 1.82) is 0 Å². The van der Waals surface area contributed by atoms with Crippen molar-refractivity contribution in [3.8, 4) is 0 Å². The Hall–Kier alpha value is -1.13. The average molecular weight is 500 g/mol. The molecule has 0 spiro atoms. The molecule has 3 nitrogen and oxygen atoms in total. The third-order valence-electron chi connectivity index (χ3n) is 3.98. The highest BCUT2D eigenvalue weighted by Gasteiger charge is 2.34. The molecule has 0 heterocycles. The van der Waals surface area contributed by atoms with Gasteiger partial charge >= 0.3 is 6.18 Å². The quantitative estimate of drug-likeness (QED) is 0.474. The van der Waals surface area contributed by atoms with E-state index in [4.69, 9.17) is 0 Å². The van der Waals surface area contributed by atoms with Gasteiger partial charge in [0.05, 0.1) is 10.5 Å². The van der Waals surface area contributed by atoms with Gasteiger partial charge in [-0.2, -0.15) is 13.2 Å². The van der Waals surface area contributed by atoms with Gasteiger partial charge < -0.3 is 4.55 Å². The summed E-state index contributed by atoms with van der Waals surface area (Å²) in [5.74, 6) is 0. The Morgan fingerprint density at radius 3 is 1.88 bits per heavy atom. The van der Waals surface area contributed by atoms with Gasteiger partial charge in [0.15, 0.2) is 3.57 Å². The zero-order valence-corrected chi connectivity index (χ0v) is 17.6. The average Bonchev–Trinajstić information content (AvgIpc) is 2.54. The molecule has 0 amide bonds. The minimum absolute atomic E-state index is 0.328. The molecule has 8 heteroatoms. The van der Waals surface area contributed by atoms with Gasteiger partial charge in [-0.15, -0.1) is 0 Å². The van der Waals surface area contributed by atoms with Gasteiger partial charge in [0.1, 0.15) is 10.1 Å². The summed E-state index contributed by atoms with van der Waals surface area (Å²) in [5, 5.41) is 0. The Morgan fingerprint density at radius 2 is 1.50 bits per heavy atom. The van der Waals surface area contributed by atoms with Crippen LogP contribution in [0.25, 0.3) is 0 Å². The van der Waals surface area contributed by atoms with Crippen molar-refractivity contribution in [3.63, 3.8) is 0 Å². The maximum absolute atomic E-state index is 12.2. The lowest BCUT2D eigenvalue weighted by atomic mass is 9.82. The van der Waals surface area contributed by atoms with Crippen molar-refractivity contribution >= 4 is 10.1 Å². The molecular formula is C18H20F3IO3S. The van der Waals surface area contributed by atoms with E-state index >= 15 is 0 Å². The van der Waals surface area contributed by atoms with E-state index in [1.807, 2.05) is 0 Å². The van der Waals surface area contributed by atoms with Gasteiger partial charge in [-0.25, -0.2) is 8.42 Å². The van der Waals surface area contributed by atoms with Crippen LogP contribution in [-0.4, -0.2) is 13.0 Å². The van der Waals surface area contributed by atoms with Gasteiger partial charge in [0, 0.05) is 0 Å². The van der Waals surface area contributed by atoms with Crippen LogP contribution in [0.3, 0.4) is 0 Å². The fraction of sp³-hybridized carbons (Fsp3) is 0.333. The van der Waals surface area contributed by atoms with Gasteiger partial charge in [-0.05, 0) is 41.7 Å². The summed E-state index contributed by atoms with van der Waals surface area (Å²) in [5.41, 5.74) is 0.335. The molecular weight excluding hydrogens is 480 g/mol. The summed E-state index contributed by atoms with van der Waals surface area (Å²) in [4.78, 5) is -1.24. The summed E-state index contributed by atoms with van der Waals surface area (Å²) < 4.78 is 69.2. The van der Waals surface area contributed by atoms with Crippen molar-refractivity contribution in [2.45, 2.75) is 43.7 Å². The Morgan fingerprint density at radius 1 is 1.00 bits per heavy atom. The second-order valence-electron chi connectivity index (χ2n) is 6.21. The standard InChI is InChI=1S/C11H16I.C7H5F3O3S/c1-4-11(2,3)9-5-7-10(12)8-6-9;8-7(9,10)5-3-1-2-4-6(5)14(11,12)13/h5-8,12H,4H2,1-3H3;1-4H,(H,11,12,13)/q+1;/p-1. The fourth-order valence-corrected chi connectivity index (χ4v) is 3.12. The molecule has 0 N–H and O–H groups in total. The van der Waals surface area contributed by atoms with Gasteiger partial charge in [-0.3, -0.25) is 0 Å². The van der Waals surface area contributed by atoms with Crippen molar-refractivity contribution < 1.29 is 48.7 Å². The summed E-state index contributed by atoms with van der Waals surface area (Å²) in [6, 6.07) is 12.1. The van der Waals surface area contributed by atoms with Crippen LogP contribution in [0.5, 0.6) is 0 Å². The molecule has 0 saturated heterocycles. The van der Waals surface area contributed by atoms with E-state index in [1.165, 1.54) is 15.6 Å². The molecule has 2 rings (SSSR count). The number of alkyl halides is 3. The van der Waals surface area contributed by atoms with Crippen molar-refractivity contribution in [3.05, 3.63) is 63.2 Å². The first kappa shape index (κ1) is 22.9. The van der Waals surface area contributed by atoms with E-state index < -0.39 is 26.8 Å². The van der Waals surface area contributed by atoms with Crippen LogP contribution >= 0.6 is 0 Å². The van der Waals surface area contributed by atoms with E-state index in [9.17, 15) is 26.1 Å². The van der Waals surface area contributed by atoms with Crippen molar-refractivity contribution in [2.75, 3.05) is 0 Å². The van der Waals surface area contributed by atoms with E-state index in [1.54, 1.807) is 0 Å². The molecule has 0 radical (unpaired) electrons. The number of benzene rings is 2. The van der Waals surface area contributed by atoms with Crippen molar-refractivity contribution in [2.24, 2.45) is 0 Å². The second-order valence-corrected chi connectivity index (χ2v) is 8.90. The van der Waals surface area contributed by atoms with E-state index in [0.717, 1.165) is 12.1 Å². The highest BCUT2D eigenvalue weighted by molar-refractivity contribution is 7.85. The summed E-state index contributed by atoms with van der Waals surface area (Å²) in [7, 11) is -5.09. The highest BCUT2D eigenvalue weighted by Crippen LogP contribution is 2.33. The number of halogens is 4. The van der Waals surface area contributed by atoms with Crippen LogP contribution in [-0.2, 0) is 21.7 Å². The Balaban J connectivity index is 0.000000263. The highest BCUT2D eigenvalue weighted by atomic mass is 127. The summed E-state index contributed by atoms with van der Waals surface area (Å²) in [6.45, 7) is 6.82. The molecule has 0 atom stereocenters. The Bertz CT molecular complexity index is 830. The van der Waals surface area contributed by atoms with Crippen LogP contribution in [0.1, 0.15) is 38.3 Å². The largest absolute Gasteiger partial charge is 0.744 e. The van der Waals surface area contributed by atoms with Crippen LogP contribution in [0.2, 0.25) is 0 Å². The summed E-state index contributed by atoms with van der Waals surface area (Å²) >= 11 is 2.06.